The maximum atomic E-state index is 11.3. The highest BCUT2D eigenvalue weighted by Gasteiger charge is 2.52. The lowest BCUT2D eigenvalue weighted by molar-refractivity contribution is -0.191. The topological polar surface area (TPSA) is 66.8 Å². The second-order valence-electron chi connectivity index (χ2n) is 3.50. The summed E-state index contributed by atoms with van der Waals surface area (Å²) in [6.45, 7) is 3.96. The fourth-order valence-corrected chi connectivity index (χ4v) is 1.59. The average molecular weight is 201 g/mol. The molecular formula is C9H15NO4. The first-order valence-electron chi connectivity index (χ1n) is 4.64. The van der Waals surface area contributed by atoms with Crippen LogP contribution in [0.5, 0.6) is 0 Å². The van der Waals surface area contributed by atoms with Crippen LogP contribution in [0.3, 0.4) is 0 Å². The zero-order valence-corrected chi connectivity index (χ0v) is 8.45. The third kappa shape index (κ3) is 1.59. The van der Waals surface area contributed by atoms with Crippen LogP contribution in [-0.4, -0.2) is 47.2 Å². The van der Waals surface area contributed by atoms with Crippen molar-refractivity contribution >= 4 is 11.9 Å². The zero-order chi connectivity index (χ0) is 10.8. The van der Waals surface area contributed by atoms with Gasteiger partial charge in [-0.15, -0.1) is 0 Å². The van der Waals surface area contributed by atoms with Crippen LogP contribution < -0.4 is 0 Å². The molecule has 80 valence electrons. The van der Waals surface area contributed by atoms with Crippen molar-refractivity contribution in [1.29, 1.82) is 0 Å². The number of nitrogens with zero attached hydrogens (tertiary/aromatic N) is 1. The number of ether oxygens (including phenoxy) is 1. The molecular weight excluding hydrogens is 186 g/mol. The molecule has 1 amide bonds. The third-order valence-electron chi connectivity index (χ3n) is 2.42. The predicted octanol–water partition coefficient (Wildman–Crippen LogP) is 0.0985. The van der Waals surface area contributed by atoms with E-state index in [0.29, 0.717) is 6.54 Å². The fourth-order valence-electron chi connectivity index (χ4n) is 1.59. The lowest BCUT2D eigenvalue weighted by Gasteiger charge is -2.45. The molecule has 0 radical (unpaired) electrons. The van der Waals surface area contributed by atoms with E-state index in [2.05, 4.69) is 0 Å². The van der Waals surface area contributed by atoms with Gasteiger partial charge >= 0.3 is 5.97 Å². The van der Waals surface area contributed by atoms with Gasteiger partial charge in [0.05, 0.1) is 13.2 Å². The normalized spacial score (nSPS) is 18.4. The molecule has 5 heteroatoms. The Morgan fingerprint density at radius 3 is 2.29 bits per heavy atom. The van der Waals surface area contributed by atoms with E-state index < -0.39 is 11.5 Å². The minimum absolute atomic E-state index is 0.0991. The van der Waals surface area contributed by atoms with Crippen molar-refractivity contribution in [3.8, 4) is 0 Å². The maximum Gasteiger partial charge on any atom is 0.334 e. The largest absolute Gasteiger partial charge is 0.479 e. The van der Waals surface area contributed by atoms with Gasteiger partial charge in [0.2, 0.25) is 5.91 Å². The molecule has 1 rings (SSSR count). The summed E-state index contributed by atoms with van der Waals surface area (Å²) in [6.07, 6.45) is 0.745. The summed E-state index contributed by atoms with van der Waals surface area (Å²) >= 11 is 0. The van der Waals surface area contributed by atoms with Crippen LogP contribution in [0, 0.1) is 0 Å². The lowest BCUT2D eigenvalue weighted by Crippen LogP contribution is -2.68. The Balaban J connectivity index is 2.83. The lowest BCUT2D eigenvalue weighted by atomic mass is 9.94. The summed E-state index contributed by atoms with van der Waals surface area (Å²) in [6, 6.07) is 0. The molecule has 0 atom stereocenters. The molecule has 0 aromatic carbocycles. The van der Waals surface area contributed by atoms with Crippen molar-refractivity contribution in [2.45, 2.75) is 25.8 Å². The van der Waals surface area contributed by atoms with Gasteiger partial charge in [0, 0.05) is 13.5 Å². The van der Waals surface area contributed by atoms with Crippen LogP contribution in [0.15, 0.2) is 0 Å². The van der Waals surface area contributed by atoms with E-state index in [9.17, 15) is 9.59 Å². The Morgan fingerprint density at radius 2 is 2.07 bits per heavy atom. The molecule has 0 aromatic heterocycles. The SMILES string of the molecule is CCCN(C(C)=O)C1(C(=O)O)COC1. The molecule has 0 spiro atoms. The van der Waals surface area contributed by atoms with Gasteiger partial charge in [0.25, 0.3) is 0 Å². The minimum Gasteiger partial charge on any atom is -0.479 e. The molecule has 1 saturated heterocycles. The Labute approximate surface area is 82.6 Å². The van der Waals surface area contributed by atoms with E-state index in [1.807, 2.05) is 6.92 Å². The van der Waals surface area contributed by atoms with Crippen LogP contribution in [0.1, 0.15) is 20.3 Å². The monoisotopic (exact) mass is 201 g/mol. The highest BCUT2D eigenvalue weighted by atomic mass is 16.5. The summed E-state index contributed by atoms with van der Waals surface area (Å²) in [4.78, 5) is 23.7. The molecule has 0 unspecified atom stereocenters. The third-order valence-corrected chi connectivity index (χ3v) is 2.42. The number of carboxylic acids is 1. The van der Waals surface area contributed by atoms with Crippen molar-refractivity contribution in [3.05, 3.63) is 0 Å². The second-order valence-corrected chi connectivity index (χ2v) is 3.50. The smallest absolute Gasteiger partial charge is 0.334 e. The van der Waals surface area contributed by atoms with E-state index in [-0.39, 0.29) is 19.1 Å². The number of hydrogen-bond donors (Lipinski definition) is 1. The molecule has 0 bridgehead atoms. The predicted molar refractivity (Wildman–Crippen MR) is 48.9 cm³/mol. The molecule has 0 aliphatic carbocycles. The first kappa shape index (κ1) is 11.0. The van der Waals surface area contributed by atoms with E-state index in [0.717, 1.165) is 6.42 Å². The standard InChI is InChI=1S/C9H15NO4/c1-3-4-10(7(2)11)9(8(12)13)5-14-6-9/h3-6H2,1-2H3,(H,12,13). The maximum absolute atomic E-state index is 11.3. The molecule has 1 N–H and O–H groups in total. The molecule has 5 nitrogen and oxygen atoms in total. The second kappa shape index (κ2) is 3.96. The number of rotatable bonds is 4. The van der Waals surface area contributed by atoms with E-state index in [1.165, 1.54) is 11.8 Å². The van der Waals surface area contributed by atoms with Gasteiger partial charge in [0.15, 0.2) is 5.54 Å². The van der Waals surface area contributed by atoms with E-state index in [4.69, 9.17) is 9.84 Å². The number of aliphatic carboxylic acids is 1. The number of hydrogen-bond acceptors (Lipinski definition) is 3. The van der Waals surface area contributed by atoms with Crippen LogP contribution in [0.2, 0.25) is 0 Å². The van der Waals surface area contributed by atoms with E-state index in [1.54, 1.807) is 0 Å². The van der Waals surface area contributed by atoms with Gasteiger partial charge in [-0.2, -0.15) is 0 Å². The zero-order valence-electron chi connectivity index (χ0n) is 8.45. The number of carbonyl (C=O) groups is 2. The van der Waals surface area contributed by atoms with Gasteiger partial charge in [-0.25, -0.2) is 4.79 Å². The quantitative estimate of drug-likeness (QED) is 0.700. The van der Waals surface area contributed by atoms with Crippen LogP contribution in [0.25, 0.3) is 0 Å². The van der Waals surface area contributed by atoms with Crippen LogP contribution >= 0.6 is 0 Å². The van der Waals surface area contributed by atoms with Crippen molar-refractivity contribution < 1.29 is 19.4 Å². The highest BCUT2D eigenvalue weighted by Crippen LogP contribution is 2.26. The average Bonchev–Trinajstić information content (AvgIpc) is 1.99. The molecule has 1 aliphatic rings. The van der Waals surface area contributed by atoms with Gasteiger partial charge < -0.3 is 14.7 Å². The van der Waals surface area contributed by atoms with Gasteiger partial charge in [0.1, 0.15) is 0 Å². The number of amides is 1. The molecule has 0 saturated carbocycles. The van der Waals surface area contributed by atoms with Crippen molar-refractivity contribution in [2.75, 3.05) is 19.8 Å². The van der Waals surface area contributed by atoms with Crippen molar-refractivity contribution in [1.82, 2.24) is 4.90 Å². The van der Waals surface area contributed by atoms with E-state index >= 15 is 0 Å². The number of carboxylic acid groups (broad SMARTS) is 1. The fraction of sp³-hybridized carbons (Fsp3) is 0.778. The Morgan fingerprint density at radius 1 is 1.50 bits per heavy atom. The molecule has 1 heterocycles. The first-order chi connectivity index (χ1) is 6.54. The molecule has 1 aliphatic heterocycles. The Bertz CT molecular complexity index is 247. The van der Waals surface area contributed by atoms with Gasteiger partial charge in [-0.3, -0.25) is 4.79 Å². The summed E-state index contributed by atoms with van der Waals surface area (Å²) in [7, 11) is 0. The molecule has 0 aromatic rings. The van der Waals surface area contributed by atoms with Crippen LogP contribution in [0.4, 0.5) is 0 Å². The Hall–Kier alpha value is -1.10. The molecule has 14 heavy (non-hydrogen) atoms. The summed E-state index contributed by atoms with van der Waals surface area (Å²) in [5.41, 5.74) is -1.11. The molecule has 1 fully saturated rings. The summed E-state index contributed by atoms with van der Waals surface area (Å²) < 4.78 is 4.90. The van der Waals surface area contributed by atoms with Gasteiger partial charge in [-0.05, 0) is 6.42 Å². The Kier molecular flexibility index (Phi) is 3.10. The summed E-state index contributed by atoms with van der Waals surface area (Å²) in [5, 5.41) is 9.06. The van der Waals surface area contributed by atoms with Crippen molar-refractivity contribution in [2.24, 2.45) is 0 Å². The summed E-state index contributed by atoms with van der Waals surface area (Å²) in [5.74, 6) is -1.19. The number of carbonyl (C=O) groups excluding carboxylic acids is 1. The van der Waals surface area contributed by atoms with Crippen LogP contribution in [-0.2, 0) is 14.3 Å². The highest BCUT2D eigenvalue weighted by molar-refractivity contribution is 5.87. The first-order valence-corrected chi connectivity index (χ1v) is 4.64. The van der Waals surface area contributed by atoms with Gasteiger partial charge in [-0.1, -0.05) is 6.92 Å². The minimum atomic E-state index is -1.11. The van der Waals surface area contributed by atoms with Crippen molar-refractivity contribution in [3.63, 3.8) is 0 Å².